The molecule has 7 heteroatoms. The number of benzene rings is 3. The summed E-state index contributed by atoms with van der Waals surface area (Å²) in [6, 6.07) is 21.3. The maximum atomic E-state index is 13.4. The number of amides is 1. The highest BCUT2D eigenvalue weighted by molar-refractivity contribution is 7.92. The van der Waals surface area contributed by atoms with Gasteiger partial charge in [0.1, 0.15) is 18.9 Å². The Balaban J connectivity index is 1.73. The highest BCUT2D eigenvalue weighted by Gasteiger charge is 2.28. The van der Waals surface area contributed by atoms with Crippen molar-refractivity contribution in [1.29, 1.82) is 0 Å². The normalized spacial score (nSPS) is 11.1. The van der Waals surface area contributed by atoms with Crippen molar-refractivity contribution in [3.8, 4) is 5.75 Å². The minimum Gasteiger partial charge on any atom is -0.491 e. The number of rotatable bonds is 10. The third-order valence-corrected chi connectivity index (χ3v) is 7.05. The Morgan fingerprint density at radius 3 is 2.36 bits per heavy atom. The van der Waals surface area contributed by atoms with Crippen LogP contribution in [0.3, 0.4) is 0 Å². The summed E-state index contributed by atoms with van der Waals surface area (Å²) >= 11 is 0. The monoisotopic (exact) mass is 466 g/mol. The first-order valence-corrected chi connectivity index (χ1v) is 12.4. The fourth-order valence-electron chi connectivity index (χ4n) is 3.57. The number of para-hydroxylation sites is 1. The summed E-state index contributed by atoms with van der Waals surface area (Å²) in [5, 5.41) is 2.77. The summed E-state index contributed by atoms with van der Waals surface area (Å²) in [6.07, 6.45) is 0.641. The summed E-state index contributed by atoms with van der Waals surface area (Å²) in [4.78, 5) is 12.9. The van der Waals surface area contributed by atoms with Crippen LogP contribution in [0.1, 0.15) is 23.6 Å². The van der Waals surface area contributed by atoms with Crippen molar-refractivity contribution >= 4 is 21.6 Å². The second-order valence-electron chi connectivity index (χ2n) is 7.77. The molecule has 0 bridgehead atoms. The van der Waals surface area contributed by atoms with Gasteiger partial charge in [-0.2, -0.15) is 0 Å². The molecule has 0 heterocycles. The maximum Gasteiger partial charge on any atom is 0.264 e. The van der Waals surface area contributed by atoms with Crippen molar-refractivity contribution in [1.82, 2.24) is 5.32 Å². The van der Waals surface area contributed by atoms with Crippen LogP contribution in [0.5, 0.6) is 5.75 Å². The van der Waals surface area contributed by atoms with E-state index in [1.807, 2.05) is 51.1 Å². The van der Waals surface area contributed by atoms with Gasteiger partial charge >= 0.3 is 0 Å². The SMILES string of the molecule is CCc1ccccc1N(CC(=O)NCCOc1ccc(C)cc1C)S(=O)(=O)c1ccccc1. The zero-order chi connectivity index (χ0) is 23.8. The fraction of sp³-hybridized carbons (Fsp3) is 0.269. The van der Waals surface area contributed by atoms with E-state index >= 15 is 0 Å². The summed E-state index contributed by atoms with van der Waals surface area (Å²) in [5.74, 6) is 0.365. The zero-order valence-corrected chi connectivity index (χ0v) is 20.1. The molecule has 0 radical (unpaired) electrons. The molecule has 3 aromatic rings. The van der Waals surface area contributed by atoms with Crippen LogP contribution in [0, 0.1) is 13.8 Å². The average Bonchev–Trinajstić information content (AvgIpc) is 2.82. The topological polar surface area (TPSA) is 75.7 Å². The van der Waals surface area contributed by atoms with Gasteiger partial charge in [-0.05, 0) is 55.7 Å². The lowest BCUT2D eigenvalue weighted by molar-refractivity contribution is -0.119. The quantitative estimate of drug-likeness (QED) is 0.453. The van der Waals surface area contributed by atoms with Crippen LogP contribution in [0.15, 0.2) is 77.7 Å². The molecule has 0 unspecified atom stereocenters. The molecule has 33 heavy (non-hydrogen) atoms. The van der Waals surface area contributed by atoms with Crippen molar-refractivity contribution in [3.63, 3.8) is 0 Å². The number of carbonyl (C=O) groups is 1. The first-order valence-electron chi connectivity index (χ1n) is 11.0. The first kappa shape index (κ1) is 24.3. The van der Waals surface area contributed by atoms with Gasteiger partial charge in [0.15, 0.2) is 0 Å². The molecule has 0 aliphatic rings. The predicted octanol–water partition coefficient (Wildman–Crippen LogP) is 4.26. The van der Waals surface area contributed by atoms with Gasteiger partial charge in [0.25, 0.3) is 10.0 Å². The number of nitrogens with one attached hydrogen (secondary N) is 1. The van der Waals surface area contributed by atoms with E-state index in [0.717, 1.165) is 22.4 Å². The minimum absolute atomic E-state index is 0.141. The van der Waals surface area contributed by atoms with E-state index in [1.165, 1.54) is 16.4 Å². The number of hydrogen-bond acceptors (Lipinski definition) is 4. The molecule has 0 atom stereocenters. The number of ether oxygens (including phenoxy) is 1. The largest absolute Gasteiger partial charge is 0.491 e. The Hall–Kier alpha value is -3.32. The lowest BCUT2D eigenvalue weighted by Gasteiger charge is -2.26. The number of nitrogens with zero attached hydrogens (tertiary/aromatic N) is 1. The molecule has 0 fully saturated rings. The van der Waals surface area contributed by atoms with Gasteiger partial charge in [-0.1, -0.05) is 61.0 Å². The predicted molar refractivity (Wildman–Crippen MR) is 131 cm³/mol. The van der Waals surface area contributed by atoms with Gasteiger partial charge < -0.3 is 10.1 Å². The minimum atomic E-state index is -3.92. The van der Waals surface area contributed by atoms with Crippen molar-refractivity contribution in [3.05, 3.63) is 89.5 Å². The van der Waals surface area contributed by atoms with Gasteiger partial charge in [0, 0.05) is 0 Å². The molecule has 0 saturated heterocycles. The van der Waals surface area contributed by atoms with Crippen LogP contribution in [-0.2, 0) is 21.2 Å². The Morgan fingerprint density at radius 1 is 0.970 bits per heavy atom. The summed E-state index contributed by atoms with van der Waals surface area (Å²) < 4.78 is 33.8. The molecule has 3 aromatic carbocycles. The summed E-state index contributed by atoms with van der Waals surface area (Å²) in [5.41, 5.74) is 3.53. The third kappa shape index (κ3) is 6.14. The fourth-order valence-corrected chi connectivity index (χ4v) is 5.05. The number of anilines is 1. The van der Waals surface area contributed by atoms with Crippen molar-refractivity contribution in [2.75, 3.05) is 24.0 Å². The van der Waals surface area contributed by atoms with Crippen molar-refractivity contribution in [2.24, 2.45) is 0 Å². The van der Waals surface area contributed by atoms with Gasteiger partial charge in [0.2, 0.25) is 5.91 Å². The van der Waals surface area contributed by atoms with Crippen molar-refractivity contribution < 1.29 is 17.9 Å². The van der Waals surface area contributed by atoms with Gasteiger partial charge in [-0.25, -0.2) is 8.42 Å². The lowest BCUT2D eigenvalue weighted by atomic mass is 10.1. The Labute approximate surface area is 196 Å². The molecule has 6 nitrogen and oxygen atoms in total. The van der Waals surface area contributed by atoms with E-state index in [-0.39, 0.29) is 24.6 Å². The highest BCUT2D eigenvalue weighted by atomic mass is 32.2. The number of hydrogen-bond donors (Lipinski definition) is 1. The standard InChI is InChI=1S/C26H30N2O4S/c1-4-22-10-8-9-13-24(22)28(33(30,31)23-11-6-5-7-12-23)19-26(29)27-16-17-32-25-15-14-20(2)18-21(25)3/h5-15,18H,4,16-17,19H2,1-3H3,(H,27,29). The molecule has 1 amide bonds. The Morgan fingerprint density at radius 2 is 1.67 bits per heavy atom. The highest BCUT2D eigenvalue weighted by Crippen LogP contribution is 2.27. The number of carbonyl (C=O) groups excluding carboxylic acids is 1. The maximum absolute atomic E-state index is 13.4. The second kappa shape index (κ2) is 11.0. The molecule has 0 aliphatic carbocycles. The molecule has 0 aromatic heterocycles. The molecular formula is C26H30N2O4S. The van der Waals surface area contributed by atoms with Crippen LogP contribution in [0.25, 0.3) is 0 Å². The molecule has 174 valence electrons. The second-order valence-corrected chi connectivity index (χ2v) is 9.64. The van der Waals surface area contributed by atoms with E-state index in [2.05, 4.69) is 5.32 Å². The van der Waals surface area contributed by atoms with E-state index in [4.69, 9.17) is 4.74 Å². The Bertz CT molecular complexity index is 1190. The molecule has 0 aliphatic heterocycles. The average molecular weight is 467 g/mol. The smallest absolute Gasteiger partial charge is 0.264 e. The van der Waals surface area contributed by atoms with Crippen LogP contribution >= 0.6 is 0 Å². The van der Waals surface area contributed by atoms with Gasteiger partial charge in [-0.3, -0.25) is 9.10 Å². The molecule has 0 saturated carbocycles. The summed E-state index contributed by atoms with van der Waals surface area (Å²) in [6.45, 7) is 6.17. The molecule has 0 spiro atoms. The summed E-state index contributed by atoms with van der Waals surface area (Å²) in [7, 11) is -3.92. The van der Waals surface area contributed by atoms with Crippen LogP contribution in [-0.4, -0.2) is 34.0 Å². The van der Waals surface area contributed by atoms with E-state index in [0.29, 0.717) is 12.1 Å². The van der Waals surface area contributed by atoms with Crippen LogP contribution < -0.4 is 14.4 Å². The number of aryl methyl sites for hydroxylation is 3. The van der Waals surface area contributed by atoms with Crippen molar-refractivity contribution in [2.45, 2.75) is 32.1 Å². The lowest BCUT2D eigenvalue weighted by Crippen LogP contribution is -2.42. The van der Waals surface area contributed by atoms with E-state index in [1.54, 1.807) is 30.3 Å². The van der Waals surface area contributed by atoms with E-state index in [9.17, 15) is 13.2 Å². The zero-order valence-electron chi connectivity index (χ0n) is 19.2. The van der Waals surface area contributed by atoms with Crippen LogP contribution in [0.2, 0.25) is 0 Å². The third-order valence-electron chi connectivity index (χ3n) is 5.27. The van der Waals surface area contributed by atoms with Gasteiger partial charge in [0.05, 0.1) is 17.1 Å². The first-order chi connectivity index (χ1) is 15.8. The number of sulfonamides is 1. The Kier molecular flexibility index (Phi) is 8.11. The molecule has 3 rings (SSSR count). The molecular weight excluding hydrogens is 436 g/mol. The van der Waals surface area contributed by atoms with E-state index < -0.39 is 15.9 Å². The molecule has 1 N–H and O–H groups in total. The van der Waals surface area contributed by atoms with Gasteiger partial charge in [-0.15, -0.1) is 0 Å². The van der Waals surface area contributed by atoms with Crippen LogP contribution in [0.4, 0.5) is 5.69 Å².